The third kappa shape index (κ3) is 3.07. The van der Waals surface area contributed by atoms with Crippen LogP contribution >= 0.6 is 0 Å². The van der Waals surface area contributed by atoms with Crippen LogP contribution in [0.1, 0.15) is 44.1 Å². The summed E-state index contributed by atoms with van der Waals surface area (Å²) < 4.78 is 0. The molecule has 7 heteroatoms. The second kappa shape index (κ2) is 6.77. The number of carbonyl (C=O) groups is 2. The lowest BCUT2D eigenvalue weighted by Gasteiger charge is -2.31. The predicted octanol–water partition coefficient (Wildman–Crippen LogP) is 1.89. The third-order valence-corrected chi connectivity index (χ3v) is 6.51. The smallest absolute Gasteiger partial charge is 0.313 e. The molecule has 27 heavy (non-hydrogen) atoms. The van der Waals surface area contributed by atoms with Gasteiger partial charge in [-0.05, 0) is 26.2 Å². The number of carboxylic acid groups (broad SMARTS) is 1. The Morgan fingerprint density at radius 3 is 2.63 bits per heavy atom. The van der Waals surface area contributed by atoms with Crippen molar-refractivity contribution in [2.45, 2.75) is 46.0 Å². The topological polar surface area (TPSA) is 86.6 Å². The third-order valence-electron chi connectivity index (χ3n) is 6.51. The van der Waals surface area contributed by atoms with Crippen LogP contribution in [0.3, 0.4) is 0 Å². The van der Waals surface area contributed by atoms with Crippen LogP contribution in [0.15, 0.2) is 6.07 Å². The highest BCUT2D eigenvalue weighted by Crippen LogP contribution is 2.45. The van der Waals surface area contributed by atoms with E-state index in [-0.39, 0.29) is 17.7 Å². The summed E-state index contributed by atoms with van der Waals surface area (Å²) in [7, 11) is 0. The van der Waals surface area contributed by atoms with E-state index < -0.39 is 11.4 Å². The van der Waals surface area contributed by atoms with Gasteiger partial charge >= 0.3 is 5.97 Å². The Kier molecular flexibility index (Phi) is 4.56. The maximum atomic E-state index is 12.6. The molecule has 2 saturated heterocycles. The molecule has 2 atom stereocenters. The van der Waals surface area contributed by atoms with Gasteiger partial charge in [-0.3, -0.25) is 9.59 Å². The van der Waals surface area contributed by atoms with Crippen molar-refractivity contribution in [2.75, 3.05) is 31.1 Å². The molecule has 1 aliphatic carbocycles. The van der Waals surface area contributed by atoms with Crippen LogP contribution in [0.4, 0.5) is 5.82 Å². The monoisotopic (exact) mass is 372 g/mol. The fourth-order valence-electron chi connectivity index (χ4n) is 4.78. The molecule has 7 nitrogen and oxygen atoms in total. The van der Waals surface area contributed by atoms with Crippen molar-refractivity contribution in [1.82, 2.24) is 14.9 Å². The van der Waals surface area contributed by atoms with Crippen LogP contribution in [0.25, 0.3) is 0 Å². The van der Waals surface area contributed by atoms with E-state index in [0.717, 1.165) is 49.4 Å². The minimum atomic E-state index is -0.886. The summed E-state index contributed by atoms with van der Waals surface area (Å²) in [5.74, 6) is 0.970. The van der Waals surface area contributed by atoms with Gasteiger partial charge in [-0.2, -0.15) is 0 Å². The summed E-state index contributed by atoms with van der Waals surface area (Å²) in [4.78, 5) is 37.8. The minimum absolute atomic E-state index is 0.0519. The van der Waals surface area contributed by atoms with Gasteiger partial charge < -0.3 is 14.9 Å². The molecule has 146 valence electrons. The van der Waals surface area contributed by atoms with Crippen LogP contribution in [0, 0.1) is 24.2 Å². The molecule has 1 amide bonds. The van der Waals surface area contributed by atoms with Crippen molar-refractivity contribution < 1.29 is 14.7 Å². The Bertz CT molecular complexity index is 764. The maximum absolute atomic E-state index is 12.6. The quantitative estimate of drug-likeness (QED) is 0.849. The molecule has 0 radical (unpaired) electrons. The lowest BCUT2D eigenvalue weighted by Crippen LogP contribution is -2.44. The highest BCUT2D eigenvalue weighted by molar-refractivity contribution is 5.84. The first-order valence-electron chi connectivity index (χ1n) is 10.0. The van der Waals surface area contributed by atoms with Crippen LogP contribution < -0.4 is 4.90 Å². The molecule has 4 rings (SSSR count). The number of likely N-dealkylation sites (tertiary alicyclic amines) is 1. The Labute approximate surface area is 159 Å². The molecule has 0 unspecified atom stereocenters. The van der Waals surface area contributed by atoms with Gasteiger partial charge in [0, 0.05) is 49.8 Å². The van der Waals surface area contributed by atoms with Crippen molar-refractivity contribution >= 4 is 17.7 Å². The molecule has 3 aliphatic rings. The Balaban J connectivity index is 1.55. The summed E-state index contributed by atoms with van der Waals surface area (Å²) in [6.07, 6.45) is 4.91. The van der Waals surface area contributed by atoms with Gasteiger partial charge in [0.15, 0.2) is 0 Å². The predicted molar refractivity (Wildman–Crippen MR) is 100 cm³/mol. The lowest BCUT2D eigenvalue weighted by molar-refractivity contribution is -0.149. The normalized spacial score (nSPS) is 27.6. The van der Waals surface area contributed by atoms with E-state index in [1.54, 1.807) is 0 Å². The number of amides is 1. The first-order chi connectivity index (χ1) is 12.9. The van der Waals surface area contributed by atoms with Crippen molar-refractivity contribution in [3.8, 4) is 0 Å². The molecule has 3 fully saturated rings. The van der Waals surface area contributed by atoms with Crippen molar-refractivity contribution in [3.63, 3.8) is 0 Å². The number of carbonyl (C=O) groups excluding carboxylic acids is 1. The standard InChI is InChI=1S/C20H28N4O3/c1-3-5-16-8-17(22-13(2)21-16)23-9-15-10-24(18(25)14-6-4-7-14)12-20(15,11-23)19(26)27/h8,14-15H,3-7,9-12H2,1-2H3,(H,26,27)/t15-,20-/m0/s1. The zero-order valence-corrected chi connectivity index (χ0v) is 16.1. The molecular formula is C20H28N4O3. The van der Waals surface area contributed by atoms with Crippen LogP contribution in [0.2, 0.25) is 0 Å². The summed E-state index contributed by atoms with van der Waals surface area (Å²) in [5, 5.41) is 10.0. The van der Waals surface area contributed by atoms with Gasteiger partial charge in [-0.1, -0.05) is 19.8 Å². The first-order valence-corrected chi connectivity index (χ1v) is 10.0. The molecule has 1 N–H and O–H groups in total. The summed E-state index contributed by atoms with van der Waals surface area (Å²) in [6, 6.07) is 1.99. The van der Waals surface area contributed by atoms with E-state index in [4.69, 9.17) is 0 Å². The number of anilines is 1. The molecule has 0 spiro atoms. The summed E-state index contributed by atoms with van der Waals surface area (Å²) in [5.41, 5.74) is 0.117. The van der Waals surface area contributed by atoms with E-state index in [1.165, 1.54) is 0 Å². The average molecular weight is 372 g/mol. The second-order valence-electron chi connectivity index (χ2n) is 8.40. The van der Waals surface area contributed by atoms with Crippen molar-refractivity contribution in [1.29, 1.82) is 0 Å². The number of hydrogen-bond acceptors (Lipinski definition) is 5. The molecule has 1 aromatic heterocycles. The van der Waals surface area contributed by atoms with Gasteiger partial charge in [0.1, 0.15) is 17.1 Å². The summed E-state index contributed by atoms with van der Waals surface area (Å²) >= 11 is 0. The first kappa shape index (κ1) is 18.2. The van der Waals surface area contributed by atoms with Gasteiger partial charge in [0.05, 0.1) is 0 Å². The van der Waals surface area contributed by atoms with Crippen molar-refractivity contribution in [2.24, 2.45) is 17.3 Å². The number of hydrogen-bond donors (Lipinski definition) is 1. The number of rotatable bonds is 5. The lowest BCUT2D eigenvalue weighted by atomic mass is 9.81. The molecule has 1 aromatic rings. The van der Waals surface area contributed by atoms with E-state index in [1.807, 2.05) is 17.9 Å². The average Bonchev–Trinajstić information content (AvgIpc) is 3.08. The van der Waals surface area contributed by atoms with E-state index >= 15 is 0 Å². The fourth-order valence-corrected chi connectivity index (χ4v) is 4.78. The highest BCUT2D eigenvalue weighted by Gasteiger charge is 2.59. The number of aryl methyl sites for hydroxylation is 2. The Hall–Kier alpha value is -2.18. The number of fused-ring (bicyclic) bond motifs is 1. The maximum Gasteiger partial charge on any atom is 0.313 e. The highest BCUT2D eigenvalue weighted by atomic mass is 16.4. The van der Waals surface area contributed by atoms with Gasteiger partial charge in [0.25, 0.3) is 0 Å². The summed E-state index contributed by atoms with van der Waals surface area (Å²) in [6.45, 7) is 5.90. The molecule has 3 heterocycles. The zero-order chi connectivity index (χ0) is 19.2. The van der Waals surface area contributed by atoms with Crippen LogP contribution in [0.5, 0.6) is 0 Å². The Morgan fingerprint density at radius 2 is 2.04 bits per heavy atom. The molecule has 0 bridgehead atoms. The molecule has 0 aromatic carbocycles. The van der Waals surface area contributed by atoms with Crippen molar-refractivity contribution in [3.05, 3.63) is 17.6 Å². The SMILES string of the molecule is CCCc1cc(N2C[C@H]3CN(C(=O)C4CCC4)C[C@@]3(C(=O)O)C2)nc(C)n1. The zero-order valence-electron chi connectivity index (χ0n) is 16.1. The van der Waals surface area contributed by atoms with E-state index in [9.17, 15) is 14.7 Å². The number of aromatic nitrogens is 2. The number of nitrogens with zero attached hydrogens (tertiary/aromatic N) is 4. The molecule has 2 aliphatic heterocycles. The largest absolute Gasteiger partial charge is 0.481 e. The molecular weight excluding hydrogens is 344 g/mol. The molecule has 1 saturated carbocycles. The Morgan fingerprint density at radius 1 is 1.26 bits per heavy atom. The number of carboxylic acids is 1. The van der Waals surface area contributed by atoms with Gasteiger partial charge in [-0.25, -0.2) is 9.97 Å². The minimum Gasteiger partial charge on any atom is -0.481 e. The van der Waals surface area contributed by atoms with Gasteiger partial charge in [-0.15, -0.1) is 0 Å². The van der Waals surface area contributed by atoms with E-state index in [0.29, 0.717) is 26.2 Å². The second-order valence-corrected chi connectivity index (χ2v) is 8.40. The van der Waals surface area contributed by atoms with E-state index in [2.05, 4.69) is 21.8 Å². The van der Waals surface area contributed by atoms with Gasteiger partial charge in [0.2, 0.25) is 5.91 Å². The number of aliphatic carboxylic acids is 1. The van der Waals surface area contributed by atoms with Crippen LogP contribution in [-0.2, 0) is 16.0 Å². The fraction of sp³-hybridized carbons (Fsp3) is 0.700. The van der Waals surface area contributed by atoms with Crippen LogP contribution in [-0.4, -0.2) is 58.0 Å².